The zero-order valence-electron chi connectivity index (χ0n) is 19.8. The third kappa shape index (κ3) is 4.01. The molecule has 3 aliphatic rings. The molecular formula is C28H30N2O4. The van der Waals surface area contributed by atoms with Gasteiger partial charge < -0.3 is 23.8 Å². The van der Waals surface area contributed by atoms with Crippen LogP contribution in [0.15, 0.2) is 48.2 Å². The van der Waals surface area contributed by atoms with Gasteiger partial charge in [0.1, 0.15) is 11.5 Å². The van der Waals surface area contributed by atoms with Crippen LogP contribution in [0.2, 0.25) is 0 Å². The summed E-state index contributed by atoms with van der Waals surface area (Å²) in [5.41, 5.74) is 5.23. The summed E-state index contributed by atoms with van der Waals surface area (Å²) in [5, 5.41) is 0.896. The number of allylic oxidation sites excluding steroid dienone is 1. The standard InChI is InChI=1S/C28H30N2O4/c1-19-10-20-4-5-22(12-21(20)11-19)34-25-6-7-29-24-14-27(26(31-2)13-23(24)25)33-9-3-8-30-15-28(16-30)17-32-18-28/h4-7,11-14H,3,8-10,15-18H2,1-2H3. The van der Waals surface area contributed by atoms with Gasteiger partial charge >= 0.3 is 0 Å². The van der Waals surface area contributed by atoms with E-state index in [4.69, 9.17) is 18.9 Å². The van der Waals surface area contributed by atoms with E-state index in [9.17, 15) is 0 Å². The summed E-state index contributed by atoms with van der Waals surface area (Å²) in [6.07, 6.45) is 5.99. The van der Waals surface area contributed by atoms with Crippen LogP contribution in [0, 0.1) is 5.41 Å². The summed E-state index contributed by atoms with van der Waals surface area (Å²) < 4.78 is 23.4. The lowest BCUT2D eigenvalue weighted by atomic mass is 9.78. The first-order valence-corrected chi connectivity index (χ1v) is 12.0. The van der Waals surface area contributed by atoms with Gasteiger partial charge in [-0.3, -0.25) is 4.98 Å². The van der Waals surface area contributed by atoms with E-state index in [1.54, 1.807) is 13.3 Å². The van der Waals surface area contributed by atoms with Gasteiger partial charge in [0.25, 0.3) is 0 Å². The second-order valence-electron chi connectivity index (χ2n) is 9.86. The number of nitrogens with zero attached hydrogens (tertiary/aromatic N) is 2. The number of aromatic nitrogens is 1. The summed E-state index contributed by atoms with van der Waals surface area (Å²) in [5.74, 6) is 2.97. The minimum Gasteiger partial charge on any atom is -0.493 e. The number of pyridine rings is 1. The Morgan fingerprint density at radius 3 is 2.74 bits per heavy atom. The number of likely N-dealkylation sites (tertiary alicyclic amines) is 1. The molecule has 0 N–H and O–H groups in total. The van der Waals surface area contributed by atoms with E-state index in [-0.39, 0.29) is 0 Å². The first-order chi connectivity index (χ1) is 16.6. The lowest BCUT2D eigenvalue weighted by Gasteiger charge is -2.55. The van der Waals surface area contributed by atoms with Gasteiger partial charge in [0.2, 0.25) is 0 Å². The van der Waals surface area contributed by atoms with Gasteiger partial charge in [-0.05, 0) is 55.2 Å². The monoisotopic (exact) mass is 458 g/mol. The Hall–Kier alpha value is -3.09. The molecule has 0 saturated carbocycles. The topological polar surface area (TPSA) is 53.0 Å². The van der Waals surface area contributed by atoms with E-state index in [1.165, 1.54) is 16.7 Å². The molecular weight excluding hydrogens is 428 g/mol. The van der Waals surface area contributed by atoms with Gasteiger partial charge in [0.05, 0.1) is 32.4 Å². The van der Waals surface area contributed by atoms with E-state index in [0.29, 0.717) is 23.5 Å². The van der Waals surface area contributed by atoms with Crippen LogP contribution < -0.4 is 14.2 Å². The molecule has 0 unspecified atom stereocenters. The minimum atomic E-state index is 0.462. The van der Waals surface area contributed by atoms with Crippen molar-refractivity contribution in [1.82, 2.24) is 9.88 Å². The first kappa shape index (κ1) is 21.4. The maximum Gasteiger partial charge on any atom is 0.163 e. The Kier molecular flexibility index (Phi) is 5.42. The van der Waals surface area contributed by atoms with Gasteiger partial charge in [0, 0.05) is 42.7 Å². The average molecular weight is 459 g/mol. The lowest BCUT2D eigenvalue weighted by Crippen LogP contribution is -2.65. The van der Waals surface area contributed by atoms with Crippen LogP contribution in [0.25, 0.3) is 17.0 Å². The molecule has 1 aromatic heterocycles. The molecule has 0 bridgehead atoms. The zero-order valence-corrected chi connectivity index (χ0v) is 19.8. The average Bonchev–Trinajstić information content (AvgIpc) is 3.15. The van der Waals surface area contributed by atoms with Crippen molar-refractivity contribution in [3.63, 3.8) is 0 Å². The highest BCUT2D eigenvalue weighted by Gasteiger charge is 2.48. The van der Waals surface area contributed by atoms with Gasteiger partial charge in [-0.2, -0.15) is 0 Å². The van der Waals surface area contributed by atoms with Gasteiger partial charge in [-0.15, -0.1) is 0 Å². The van der Waals surface area contributed by atoms with Crippen LogP contribution in [-0.4, -0.2) is 56.4 Å². The summed E-state index contributed by atoms with van der Waals surface area (Å²) in [7, 11) is 1.67. The molecule has 176 valence electrons. The van der Waals surface area contributed by atoms with Crippen molar-refractivity contribution in [2.24, 2.45) is 5.41 Å². The Morgan fingerprint density at radius 2 is 1.94 bits per heavy atom. The zero-order chi connectivity index (χ0) is 23.1. The van der Waals surface area contributed by atoms with Crippen molar-refractivity contribution in [3.8, 4) is 23.0 Å². The van der Waals surface area contributed by atoms with E-state index in [1.807, 2.05) is 24.3 Å². The summed E-state index contributed by atoms with van der Waals surface area (Å²) in [4.78, 5) is 7.03. The van der Waals surface area contributed by atoms with Crippen molar-refractivity contribution < 1.29 is 18.9 Å². The number of benzene rings is 2. The fraction of sp³-hybridized carbons (Fsp3) is 0.393. The second-order valence-corrected chi connectivity index (χ2v) is 9.86. The van der Waals surface area contributed by atoms with Crippen LogP contribution in [0.1, 0.15) is 24.5 Å². The smallest absolute Gasteiger partial charge is 0.163 e. The largest absolute Gasteiger partial charge is 0.493 e. The van der Waals surface area contributed by atoms with Crippen LogP contribution >= 0.6 is 0 Å². The molecule has 2 saturated heterocycles. The molecule has 0 radical (unpaired) electrons. The van der Waals surface area contributed by atoms with Crippen molar-refractivity contribution >= 4 is 17.0 Å². The highest BCUT2D eigenvalue weighted by atomic mass is 16.5. The van der Waals surface area contributed by atoms with Gasteiger partial charge in [-0.25, -0.2) is 0 Å². The van der Waals surface area contributed by atoms with Crippen molar-refractivity contribution in [1.29, 1.82) is 0 Å². The number of methoxy groups -OCH3 is 1. The molecule has 6 nitrogen and oxygen atoms in total. The molecule has 2 fully saturated rings. The van der Waals surface area contributed by atoms with E-state index < -0.39 is 0 Å². The third-order valence-corrected chi connectivity index (χ3v) is 7.01. The number of ether oxygens (including phenoxy) is 4. The molecule has 0 atom stereocenters. The fourth-order valence-electron chi connectivity index (χ4n) is 5.27. The quantitative estimate of drug-likeness (QED) is 0.438. The lowest BCUT2D eigenvalue weighted by molar-refractivity contribution is -0.189. The molecule has 34 heavy (non-hydrogen) atoms. The summed E-state index contributed by atoms with van der Waals surface area (Å²) in [6.45, 7) is 8.00. The highest BCUT2D eigenvalue weighted by molar-refractivity contribution is 5.88. The molecule has 1 spiro atoms. The van der Waals surface area contributed by atoms with E-state index >= 15 is 0 Å². The van der Waals surface area contributed by atoms with Crippen LogP contribution in [0.3, 0.4) is 0 Å². The molecule has 3 heterocycles. The Balaban J connectivity index is 1.14. The summed E-state index contributed by atoms with van der Waals surface area (Å²) in [6, 6.07) is 12.1. The van der Waals surface area contributed by atoms with Gasteiger partial charge in [-0.1, -0.05) is 17.7 Å². The summed E-state index contributed by atoms with van der Waals surface area (Å²) >= 11 is 0. The predicted octanol–water partition coefficient (Wildman–Crippen LogP) is 5.10. The van der Waals surface area contributed by atoms with Crippen molar-refractivity contribution in [2.75, 3.05) is 46.6 Å². The molecule has 1 aliphatic carbocycles. The van der Waals surface area contributed by atoms with Crippen LogP contribution in [0.5, 0.6) is 23.0 Å². The van der Waals surface area contributed by atoms with Crippen molar-refractivity contribution in [2.45, 2.75) is 19.8 Å². The van der Waals surface area contributed by atoms with E-state index in [2.05, 4.69) is 35.0 Å². The minimum absolute atomic E-state index is 0.462. The maximum absolute atomic E-state index is 6.29. The number of hydrogen-bond acceptors (Lipinski definition) is 6. The molecule has 2 aliphatic heterocycles. The highest BCUT2D eigenvalue weighted by Crippen LogP contribution is 2.39. The Labute approximate surface area is 200 Å². The number of hydrogen-bond donors (Lipinski definition) is 0. The maximum atomic E-state index is 6.29. The van der Waals surface area contributed by atoms with Crippen molar-refractivity contribution in [3.05, 3.63) is 59.3 Å². The van der Waals surface area contributed by atoms with Crippen LogP contribution in [0.4, 0.5) is 0 Å². The molecule has 6 heteroatoms. The molecule has 3 aromatic rings. The Bertz CT molecular complexity index is 1260. The van der Waals surface area contributed by atoms with Crippen LogP contribution in [-0.2, 0) is 11.2 Å². The molecule has 0 amide bonds. The number of fused-ring (bicyclic) bond motifs is 2. The molecule has 2 aromatic carbocycles. The fourth-order valence-corrected chi connectivity index (χ4v) is 5.27. The number of rotatable bonds is 8. The second kappa shape index (κ2) is 8.60. The predicted molar refractivity (Wildman–Crippen MR) is 132 cm³/mol. The normalized spacial score (nSPS) is 18.2. The molecule has 6 rings (SSSR count). The third-order valence-electron chi connectivity index (χ3n) is 7.01. The first-order valence-electron chi connectivity index (χ1n) is 12.0. The SMILES string of the molecule is COc1cc2c(Oc3ccc4c(c3)C=C(C)C4)ccnc2cc1OCCCN1CC2(COC2)C1. The van der Waals surface area contributed by atoms with E-state index in [0.717, 1.165) is 68.1 Å². The Morgan fingerprint density at radius 1 is 1.06 bits per heavy atom. The van der Waals surface area contributed by atoms with Gasteiger partial charge in [0.15, 0.2) is 11.5 Å².